The quantitative estimate of drug-likeness (QED) is 0.813. The molecule has 0 bridgehead atoms. The Balaban J connectivity index is 1.89. The van der Waals surface area contributed by atoms with Crippen molar-refractivity contribution in [2.45, 2.75) is 29.5 Å². The summed E-state index contributed by atoms with van der Waals surface area (Å²) in [6.45, 7) is 5.89. The van der Waals surface area contributed by atoms with Gasteiger partial charge in [0.2, 0.25) is 5.91 Å². The zero-order valence-electron chi connectivity index (χ0n) is 12.3. The van der Waals surface area contributed by atoms with Crippen molar-refractivity contribution < 1.29 is 4.79 Å². The molecule has 0 radical (unpaired) electrons. The van der Waals surface area contributed by atoms with Gasteiger partial charge in [0.1, 0.15) is 0 Å². The zero-order valence-corrected chi connectivity index (χ0v) is 14.8. The van der Waals surface area contributed by atoms with Gasteiger partial charge in [-0.05, 0) is 19.6 Å². The largest absolute Gasteiger partial charge is 0.322 e. The smallest absolute Gasteiger partial charge is 0.234 e. The Labute approximate surface area is 136 Å². The number of hydrogen-bond acceptors (Lipinski definition) is 7. The second kappa shape index (κ2) is 7.28. The molecule has 0 aliphatic heterocycles. The van der Waals surface area contributed by atoms with Crippen LogP contribution in [-0.4, -0.2) is 37.4 Å². The standard InChI is InChI=1S/C12H17N5OS3/c1-5-19-11-14-15-12(21-11)20-6-9(18)13-10-7(2)16-17(4)8(10)3/h5-6H2,1-4H3,(H,13,18). The van der Waals surface area contributed by atoms with E-state index < -0.39 is 0 Å². The molecule has 2 heterocycles. The minimum absolute atomic E-state index is 0.0564. The van der Waals surface area contributed by atoms with Crippen LogP contribution >= 0.6 is 34.9 Å². The molecule has 6 nitrogen and oxygen atoms in total. The number of rotatable bonds is 6. The van der Waals surface area contributed by atoms with Gasteiger partial charge in [-0.2, -0.15) is 5.10 Å². The number of carbonyl (C=O) groups excluding carboxylic acids is 1. The number of aryl methyl sites for hydroxylation is 2. The van der Waals surface area contributed by atoms with Crippen molar-refractivity contribution in [3.05, 3.63) is 11.4 Å². The Morgan fingerprint density at radius 3 is 2.52 bits per heavy atom. The van der Waals surface area contributed by atoms with Gasteiger partial charge in [-0.3, -0.25) is 9.48 Å². The number of carbonyl (C=O) groups is 1. The van der Waals surface area contributed by atoms with Crippen LogP contribution in [-0.2, 0) is 11.8 Å². The molecular weight excluding hydrogens is 326 g/mol. The normalized spacial score (nSPS) is 10.9. The molecular formula is C12H17N5OS3. The third-order valence-electron chi connectivity index (χ3n) is 2.76. The molecule has 1 amide bonds. The summed E-state index contributed by atoms with van der Waals surface area (Å²) in [5, 5.41) is 15.3. The van der Waals surface area contributed by atoms with Crippen molar-refractivity contribution in [1.82, 2.24) is 20.0 Å². The van der Waals surface area contributed by atoms with Crippen LogP contribution in [0.4, 0.5) is 5.69 Å². The number of nitrogens with one attached hydrogen (secondary N) is 1. The average molecular weight is 344 g/mol. The van der Waals surface area contributed by atoms with E-state index in [0.717, 1.165) is 31.5 Å². The molecule has 0 fully saturated rings. The van der Waals surface area contributed by atoms with Crippen LogP contribution < -0.4 is 5.32 Å². The molecule has 114 valence electrons. The van der Waals surface area contributed by atoms with Crippen molar-refractivity contribution in [2.75, 3.05) is 16.8 Å². The summed E-state index contributed by atoms with van der Waals surface area (Å²) in [6, 6.07) is 0. The first-order valence-electron chi connectivity index (χ1n) is 6.40. The maximum atomic E-state index is 12.0. The van der Waals surface area contributed by atoms with Crippen molar-refractivity contribution >= 4 is 46.5 Å². The molecule has 2 aromatic rings. The third kappa shape index (κ3) is 4.21. The van der Waals surface area contributed by atoms with Crippen molar-refractivity contribution in [1.29, 1.82) is 0 Å². The van der Waals surface area contributed by atoms with Crippen molar-refractivity contribution in [2.24, 2.45) is 7.05 Å². The van der Waals surface area contributed by atoms with Gasteiger partial charge in [-0.1, -0.05) is 41.8 Å². The van der Waals surface area contributed by atoms with Gasteiger partial charge < -0.3 is 5.32 Å². The summed E-state index contributed by atoms with van der Waals surface area (Å²) < 4.78 is 3.52. The minimum atomic E-state index is -0.0564. The predicted octanol–water partition coefficient (Wildman–Crippen LogP) is 2.73. The van der Waals surface area contributed by atoms with E-state index in [9.17, 15) is 4.79 Å². The second-order valence-electron chi connectivity index (χ2n) is 4.27. The van der Waals surface area contributed by atoms with E-state index in [-0.39, 0.29) is 5.91 Å². The first kappa shape index (κ1) is 16.3. The zero-order chi connectivity index (χ0) is 15.4. The highest BCUT2D eigenvalue weighted by atomic mass is 32.2. The lowest BCUT2D eigenvalue weighted by molar-refractivity contribution is -0.113. The number of aromatic nitrogens is 4. The monoisotopic (exact) mass is 343 g/mol. The number of nitrogens with zero attached hydrogens (tertiary/aromatic N) is 4. The fourth-order valence-electron chi connectivity index (χ4n) is 1.69. The number of amides is 1. The predicted molar refractivity (Wildman–Crippen MR) is 88.3 cm³/mol. The van der Waals surface area contributed by atoms with Crippen molar-refractivity contribution in [3.8, 4) is 0 Å². The first-order valence-corrected chi connectivity index (χ1v) is 9.19. The van der Waals surface area contributed by atoms with Gasteiger partial charge in [-0.15, -0.1) is 10.2 Å². The van der Waals surface area contributed by atoms with Gasteiger partial charge >= 0.3 is 0 Å². The van der Waals surface area contributed by atoms with Gasteiger partial charge in [0.15, 0.2) is 8.68 Å². The minimum Gasteiger partial charge on any atom is -0.322 e. The van der Waals surface area contributed by atoms with Crippen LogP contribution in [0.2, 0.25) is 0 Å². The fraction of sp³-hybridized carbons (Fsp3) is 0.500. The van der Waals surface area contributed by atoms with Crippen LogP contribution in [0, 0.1) is 13.8 Å². The molecule has 0 atom stereocenters. The van der Waals surface area contributed by atoms with Gasteiger partial charge in [0.05, 0.1) is 22.8 Å². The van der Waals surface area contributed by atoms with E-state index in [1.165, 1.54) is 23.1 Å². The summed E-state index contributed by atoms with van der Waals surface area (Å²) in [5.41, 5.74) is 2.57. The van der Waals surface area contributed by atoms with Crippen LogP contribution in [0.15, 0.2) is 8.68 Å². The van der Waals surface area contributed by atoms with Gasteiger partial charge in [0.25, 0.3) is 0 Å². The molecule has 1 N–H and O–H groups in total. The van der Waals surface area contributed by atoms with E-state index in [2.05, 4.69) is 27.5 Å². The Morgan fingerprint density at radius 1 is 1.29 bits per heavy atom. The van der Waals surface area contributed by atoms with E-state index in [1.54, 1.807) is 16.4 Å². The lowest BCUT2D eigenvalue weighted by Gasteiger charge is -2.04. The van der Waals surface area contributed by atoms with E-state index in [0.29, 0.717) is 5.75 Å². The number of hydrogen-bond donors (Lipinski definition) is 1. The molecule has 0 aliphatic rings. The molecule has 9 heteroatoms. The highest BCUT2D eigenvalue weighted by Gasteiger charge is 2.13. The molecule has 2 rings (SSSR count). The highest BCUT2D eigenvalue weighted by Crippen LogP contribution is 2.28. The van der Waals surface area contributed by atoms with Crippen LogP contribution in [0.5, 0.6) is 0 Å². The Morgan fingerprint density at radius 2 is 1.95 bits per heavy atom. The summed E-state index contributed by atoms with van der Waals surface area (Å²) in [5.74, 6) is 1.23. The molecule has 0 aliphatic carbocycles. The van der Waals surface area contributed by atoms with Crippen LogP contribution in [0.3, 0.4) is 0 Å². The first-order chi connectivity index (χ1) is 10.0. The van der Waals surface area contributed by atoms with Gasteiger partial charge in [0, 0.05) is 7.05 Å². The van der Waals surface area contributed by atoms with Crippen LogP contribution in [0.1, 0.15) is 18.3 Å². The van der Waals surface area contributed by atoms with E-state index in [1.807, 2.05) is 20.9 Å². The molecule has 0 saturated carbocycles. The Hall–Kier alpha value is -1.06. The average Bonchev–Trinajstić information content (AvgIpc) is 2.98. The Bertz CT molecular complexity index is 637. The maximum Gasteiger partial charge on any atom is 0.234 e. The fourth-order valence-corrected chi connectivity index (χ4v) is 4.41. The number of thioether (sulfide) groups is 2. The molecule has 21 heavy (non-hydrogen) atoms. The highest BCUT2D eigenvalue weighted by molar-refractivity contribution is 8.03. The third-order valence-corrected chi connectivity index (χ3v) is 5.83. The van der Waals surface area contributed by atoms with E-state index in [4.69, 9.17) is 0 Å². The van der Waals surface area contributed by atoms with E-state index >= 15 is 0 Å². The Kier molecular flexibility index (Phi) is 5.65. The molecule has 0 unspecified atom stereocenters. The lowest BCUT2D eigenvalue weighted by atomic mass is 10.3. The summed E-state index contributed by atoms with van der Waals surface area (Å²) >= 11 is 4.59. The van der Waals surface area contributed by atoms with Crippen molar-refractivity contribution in [3.63, 3.8) is 0 Å². The second-order valence-corrected chi connectivity index (χ2v) is 7.98. The lowest BCUT2D eigenvalue weighted by Crippen LogP contribution is -2.15. The molecule has 0 saturated heterocycles. The summed E-state index contributed by atoms with van der Waals surface area (Å²) in [6.07, 6.45) is 0. The van der Waals surface area contributed by atoms with Crippen LogP contribution in [0.25, 0.3) is 0 Å². The SMILES string of the molecule is CCSc1nnc(SCC(=O)Nc2c(C)nn(C)c2C)s1. The topological polar surface area (TPSA) is 72.7 Å². The summed E-state index contributed by atoms with van der Waals surface area (Å²) in [7, 11) is 1.86. The molecule has 0 spiro atoms. The molecule has 2 aromatic heterocycles. The maximum absolute atomic E-state index is 12.0. The number of anilines is 1. The molecule has 0 aromatic carbocycles. The van der Waals surface area contributed by atoms with Gasteiger partial charge in [-0.25, -0.2) is 0 Å². The summed E-state index contributed by atoms with van der Waals surface area (Å²) in [4.78, 5) is 12.0.